The fourth-order valence-electron chi connectivity index (χ4n) is 1.28. The highest BCUT2D eigenvalue weighted by Gasteiger charge is 2.24. The summed E-state index contributed by atoms with van der Waals surface area (Å²) >= 11 is 0. The lowest BCUT2D eigenvalue weighted by Gasteiger charge is -2.22. The van der Waals surface area contributed by atoms with Crippen LogP contribution in [0, 0.1) is 11.8 Å². The Labute approximate surface area is 62.1 Å². The van der Waals surface area contributed by atoms with Gasteiger partial charge in [-0.25, -0.2) is 0 Å². The van der Waals surface area contributed by atoms with E-state index in [9.17, 15) is 4.79 Å². The molecule has 0 bridgehead atoms. The minimum atomic E-state index is 0.241. The summed E-state index contributed by atoms with van der Waals surface area (Å²) in [5, 5.41) is 0. The Kier molecular flexibility index (Phi) is 1.93. The van der Waals surface area contributed by atoms with Gasteiger partial charge in [0, 0.05) is 5.92 Å². The maximum atomic E-state index is 11.3. The summed E-state index contributed by atoms with van der Waals surface area (Å²) in [5.41, 5.74) is 0.950. The molecule has 1 nitrogen and oxygen atoms in total. The van der Waals surface area contributed by atoms with Gasteiger partial charge in [-0.1, -0.05) is 19.9 Å². The maximum Gasteiger partial charge on any atom is 0.161 e. The summed E-state index contributed by atoms with van der Waals surface area (Å²) in [4.78, 5) is 11.3. The van der Waals surface area contributed by atoms with Gasteiger partial charge in [-0.2, -0.15) is 0 Å². The van der Waals surface area contributed by atoms with Crippen molar-refractivity contribution < 1.29 is 4.79 Å². The number of allylic oxidation sites excluding steroid dienone is 2. The van der Waals surface area contributed by atoms with E-state index in [4.69, 9.17) is 0 Å². The van der Waals surface area contributed by atoms with Crippen LogP contribution in [-0.4, -0.2) is 5.78 Å². The zero-order chi connectivity index (χ0) is 7.72. The van der Waals surface area contributed by atoms with Crippen LogP contribution in [0.1, 0.15) is 27.2 Å². The van der Waals surface area contributed by atoms with Gasteiger partial charge in [-0.05, 0) is 24.8 Å². The molecule has 0 fully saturated rings. The maximum absolute atomic E-state index is 11.3. The first-order valence-electron chi connectivity index (χ1n) is 3.84. The molecular weight excluding hydrogens is 124 g/mol. The minimum Gasteiger partial charge on any atom is -0.294 e. The average molecular weight is 138 g/mol. The molecule has 0 N–H and O–H groups in total. The van der Waals surface area contributed by atoms with Gasteiger partial charge in [0.1, 0.15) is 0 Å². The van der Waals surface area contributed by atoms with Crippen LogP contribution in [0.25, 0.3) is 0 Å². The second-order valence-electron chi connectivity index (χ2n) is 3.25. The molecule has 0 radical (unpaired) electrons. The van der Waals surface area contributed by atoms with Crippen molar-refractivity contribution in [1.29, 1.82) is 0 Å². The van der Waals surface area contributed by atoms with Gasteiger partial charge in [0.15, 0.2) is 5.78 Å². The van der Waals surface area contributed by atoms with E-state index in [1.54, 1.807) is 0 Å². The average Bonchev–Trinajstić information content (AvgIpc) is 1.93. The molecule has 1 aliphatic carbocycles. The zero-order valence-electron chi connectivity index (χ0n) is 6.85. The van der Waals surface area contributed by atoms with Crippen LogP contribution in [0.15, 0.2) is 11.6 Å². The third-order valence-corrected chi connectivity index (χ3v) is 2.45. The first kappa shape index (κ1) is 7.52. The van der Waals surface area contributed by atoms with Crippen LogP contribution < -0.4 is 0 Å². The Bertz CT molecular complexity index is 179. The van der Waals surface area contributed by atoms with E-state index >= 15 is 0 Å². The lowest BCUT2D eigenvalue weighted by molar-refractivity contribution is -0.120. The summed E-state index contributed by atoms with van der Waals surface area (Å²) in [5.74, 6) is 1.11. The standard InChI is InChI=1S/C9H14O/c1-6-4-5-7(2)9(10)8(6)3/h5-6,8H,4H2,1-3H3. The van der Waals surface area contributed by atoms with E-state index in [-0.39, 0.29) is 5.92 Å². The fourth-order valence-corrected chi connectivity index (χ4v) is 1.28. The molecule has 56 valence electrons. The normalized spacial score (nSPS) is 33.9. The molecule has 1 aliphatic rings. The summed E-state index contributed by atoms with van der Waals surface area (Å²) in [6, 6.07) is 0. The monoisotopic (exact) mass is 138 g/mol. The van der Waals surface area contributed by atoms with Crippen LogP contribution in [0.3, 0.4) is 0 Å². The summed E-state index contributed by atoms with van der Waals surface area (Å²) in [7, 11) is 0. The van der Waals surface area contributed by atoms with Crippen LogP contribution in [0.5, 0.6) is 0 Å². The third-order valence-electron chi connectivity index (χ3n) is 2.45. The highest BCUT2D eigenvalue weighted by atomic mass is 16.1. The molecule has 0 aliphatic heterocycles. The molecule has 0 spiro atoms. The molecule has 0 saturated carbocycles. The van der Waals surface area contributed by atoms with Crippen molar-refractivity contribution in [3.63, 3.8) is 0 Å². The zero-order valence-corrected chi connectivity index (χ0v) is 6.85. The first-order chi connectivity index (χ1) is 4.63. The molecule has 0 aromatic carbocycles. The molecule has 10 heavy (non-hydrogen) atoms. The second-order valence-corrected chi connectivity index (χ2v) is 3.25. The summed E-state index contributed by atoms with van der Waals surface area (Å²) in [6.07, 6.45) is 3.12. The van der Waals surface area contributed by atoms with Gasteiger partial charge in [-0.3, -0.25) is 4.79 Å². The molecule has 0 aromatic heterocycles. The van der Waals surface area contributed by atoms with E-state index in [1.165, 1.54) is 0 Å². The molecular formula is C9H14O. The number of Topliss-reactive ketones (excluding diaryl/α,β-unsaturated/α-hetero) is 1. The number of carbonyl (C=O) groups excluding carboxylic acids is 1. The van der Waals surface area contributed by atoms with Crippen LogP contribution in [0.2, 0.25) is 0 Å². The topological polar surface area (TPSA) is 17.1 Å². The van der Waals surface area contributed by atoms with E-state index in [0.29, 0.717) is 11.7 Å². The third kappa shape index (κ3) is 1.13. The lowest BCUT2D eigenvalue weighted by atomic mass is 9.81. The van der Waals surface area contributed by atoms with E-state index in [0.717, 1.165) is 12.0 Å². The van der Waals surface area contributed by atoms with Crippen molar-refractivity contribution in [3.8, 4) is 0 Å². The highest BCUT2D eigenvalue weighted by molar-refractivity contribution is 5.97. The second kappa shape index (κ2) is 2.57. The Morgan fingerprint density at radius 3 is 2.60 bits per heavy atom. The first-order valence-corrected chi connectivity index (χ1v) is 3.84. The molecule has 0 heterocycles. The Hall–Kier alpha value is -0.590. The molecule has 0 aromatic rings. The van der Waals surface area contributed by atoms with Gasteiger partial charge >= 0.3 is 0 Å². The smallest absolute Gasteiger partial charge is 0.161 e. The number of hydrogen-bond acceptors (Lipinski definition) is 1. The van der Waals surface area contributed by atoms with Crippen molar-refractivity contribution in [1.82, 2.24) is 0 Å². The molecule has 0 saturated heterocycles. The van der Waals surface area contributed by atoms with Crippen molar-refractivity contribution in [2.45, 2.75) is 27.2 Å². The van der Waals surface area contributed by atoms with Gasteiger partial charge in [-0.15, -0.1) is 0 Å². The lowest BCUT2D eigenvalue weighted by Crippen LogP contribution is -2.23. The van der Waals surface area contributed by atoms with Crippen molar-refractivity contribution in [2.24, 2.45) is 11.8 Å². The van der Waals surface area contributed by atoms with Crippen molar-refractivity contribution in [3.05, 3.63) is 11.6 Å². The van der Waals surface area contributed by atoms with E-state index in [2.05, 4.69) is 6.92 Å². The molecule has 1 heteroatoms. The molecule has 0 amide bonds. The fraction of sp³-hybridized carbons (Fsp3) is 0.667. The Morgan fingerprint density at radius 2 is 2.10 bits per heavy atom. The van der Waals surface area contributed by atoms with Crippen LogP contribution in [-0.2, 0) is 4.79 Å². The Balaban J connectivity index is 2.81. The Morgan fingerprint density at radius 1 is 1.50 bits per heavy atom. The predicted octanol–water partition coefficient (Wildman–Crippen LogP) is 2.18. The van der Waals surface area contributed by atoms with Crippen LogP contribution in [0.4, 0.5) is 0 Å². The molecule has 2 atom stereocenters. The van der Waals surface area contributed by atoms with Crippen molar-refractivity contribution >= 4 is 5.78 Å². The largest absolute Gasteiger partial charge is 0.294 e. The minimum absolute atomic E-state index is 0.241. The number of ketones is 1. The number of rotatable bonds is 0. The number of carbonyl (C=O) groups is 1. The quantitative estimate of drug-likeness (QED) is 0.501. The number of hydrogen-bond donors (Lipinski definition) is 0. The van der Waals surface area contributed by atoms with Gasteiger partial charge in [0.2, 0.25) is 0 Å². The van der Waals surface area contributed by atoms with E-state index < -0.39 is 0 Å². The van der Waals surface area contributed by atoms with Crippen molar-refractivity contribution in [2.75, 3.05) is 0 Å². The summed E-state index contributed by atoms with van der Waals surface area (Å²) in [6.45, 7) is 6.06. The molecule has 1 rings (SSSR count). The highest BCUT2D eigenvalue weighted by Crippen LogP contribution is 2.25. The van der Waals surface area contributed by atoms with E-state index in [1.807, 2.05) is 19.9 Å². The van der Waals surface area contributed by atoms with Crippen LogP contribution >= 0.6 is 0 Å². The van der Waals surface area contributed by atoms with Gasteiger partial charge in [0.25, 0.3) is 0 Å². The SMILES string of the molecule is CC1=CCC(C)C(C)C1=O. The van der Waals surface area contributed by atoms with Gasteiger partial charge in [0.05, 0.1) is 0 Å². The summed E-state index contributed by atoms with van der Waals surface area (Å²) < 4.78 is 0. The molecule has 2 unspecified atom stereocenters. The predicted molar refractivity (Wildman–Crippen MR) is 41.7 cm³/mol. The van der Waals surface area contributed by atoms with Gasteiger partial charge < -0.3 is 0 Å².